The number of hydrogen-bond acceptors (Lipinski definition) is 3. The summed E-state index contributed by atoms with van der Waals surface area (Å²) in [5, 5.41) is 3.02. The largest absolute Gasteiger partial charge is 0.490 e. The van der Waals surface area contributed by atoms with Gasteiger partial charge in [-0.05, 0) is 66.7 Å². The molecule has 3 aliphatic heterocycles. The molecule has 1 N–H and O–H groups in total. The zero-order valence-corrected chi connectivity index (χ0v) is 18.6. The molecule has 2 fully saturated rings. The van der Waals surface area contributed by atoms with Gasteiger partial charge in [0.2, 0.25) is 0 Å². The van der Waals surface area contributed by atoms with Crippen LogP contribution in [0.5, 0.6) is 5.75 Å². The lowest BCUT2D eigenvalue weighted by atomic mass is 9.66. The van der Waals surface area contributed by atoms with Crippen LogP contribution in [0.1, 0.15) is 31.7 Å². The third-order valence-corrected chi connectivity index (χ3v) is 8.76. The summed E-state index contributed by atoms with van der Waals surface area (Å²) in [6.45, 7) is 6.40. The van der Waals surface area contributed by atoms with E-state index in [-0.39, 0.29) is 41.6 Å². The van der Waals surface area contributed by atoms with Gasteiger partial charge in [-0.25, -0.2) is 0 Å². The fraction of sp³-hybridized carbons (Fsp3) is 0.500. The third-order valence-electron chi connectivity index (χ3n) is 8.76. The second-order valence-corrected chi connectivity index (χ2v) is 10.6. The number of rotatable bonds is 1. The minimum absolute atomic E-state index is 0.0219. The van der Waals surface area contributed by atoms with Gasteiger partial charge in [0.25, 0.3) is 5.91 Å². The number of ether oxygens (including phenoxy) is 1. The van der Waals surface area contributed by atoms with Crippen LogP contribution in [-0.2, 0) is 16.0 Å². The summed E-state index contributed by atoms with van der Waals surface area (Å²) in [4.78, 5) is 26.8. The van der Waals surface area contributed by atoms with Gasteiger partial charge in [-0.1, -0.05) is 43.7 Å². The first-order valence-electron chi connectivity index (χ1n) is 12.2. The van der Waals surface area contributed by atoms with E-state index < -0.39 is 0 Å². The van der Waals surface area contributed by atoms with Crippen molar-refractivity contribution in [3.63, 3.8) is 0 Å². The van der Waals surface area contributed by atoms with Gasteiger partial charge >= 0.3 is 0 Å². The number of carbonyl (C=O) groups excluding carboxylic acids is 2. The van der Waals surface area contributed by atoms with Crippen molar-refractivity contribution in [2.24, 2.45) is 41.4 Å². The number of nitrogens with one attached hydrogen (secondary N) is 1. The maximum Gasteiger partial charge on any atom is 0.255 e. The van der Waals surface area contributed by atoms with E-state index in [9.17, 15) is 9.59 Å². The van der Waals surface area contributed by atoms with Crippen LogP contribution < -0.4 is 10.1 Å². The molecule has 0 radical (unpaired) electrons. The smallest absolute Gasteiger partial charge is 0.255 e. The zero-order chi connectivity index (χ0) is 22.0. The maximum atomic E-state index is 14.0. The lowest BCUT2D eigenvalue weighted by molar-refractivity contribution is -0.127. The molecule has 1 amide bonds. The van der Waals surface area contributed by atoms with Gasteiger partial charge in [0.1, 0.15) is 11.9 Å². The average molecular weight is 430 g/mol. The van der Waals surface area contributed by atoms with Crippen molar-refractivity contribution in [3.05, 3.63) is 66.3 Å². The van der Waals surface area contributed by atoms with Crippen LogP contribution in [0.2, 0.25) is 0 Å². The topological polar surface area (TPSA) is 55.4 Å². The monoisotopic (exact) mass is 429 g/mol. The summed E-state index contributed by atoms with van der Waals surface area (Å²) in [6.07, 6.45) is 12.4. The Kier molecular flexibility index (Phi) is 4.67. The quantitative estimate of drug-likeness (QED) is 0.536. The van der Waals surface area contributed by atoms with Crippen LogP contribution in [-0.4, -0.2) is 23.8 Å². The van der Waals surface area contributed by atoms with Crippen molar-refractivity contribution in [2.45, 2.75) is 44.8 Å². The maximum absolute atomic E-state index is 14.0. The highest BCUT2D eigenvalue weighted by atomic mass is 16.5. The van der Waals surface area contributed by atoms with Crippen LogP contribution in [0.15, 0.2) is 60.7 Å². The van der Waals surface area contributed by atoms with Gasteiger partial charge in [-0.3, -0.25) is 9.59 Å². The number of ketones is 1. The molecule has 4 nitrogen and oxygen atoms in total. The van der Waals surface area contributed by atoms with E-state index in [1.807, 2.05) is 12.2 Å². The second-order valence-electron chi connectivity index (χ2n) is 10.6. The summed E-state index contributed by atoms with van der Waals surface area (Å²) in [5.74, 6) is 2.27. The number of carbonyl (C=O) groups is 2. The molecule has 1 aromatic carbocycles. The second kappa shape index (κ2) is 7.47. The minimum Gasteiger partial charge on any atom is -0.490 e. The van der Waals surface area contributed by atoms with E-state index in [1.165, 1.54) is 12.8 Å². The molecule has 9 atom stereocenters. The molecule has 2 saturated carbocycles. The lowest BCUT2D eigenvalue weighted by Gasteiger charge is -2.38. The highest BCUT2D eigenvalue weighted by Gasteiger charge is 2.58. The Morgan fingerprint density at radius 3 is 2.69 bits per heavy atom. The van der Waals surface area contributed by atoms with Crippen LogP contribution in [0.25, 0.3) is 0 Å². The van der Waals surface area contributed by atoms with E-state index in [4.69, 9.17) is 4.74 Å². The van der Waals surface area contributed by atoms with E-state index in [0.29, 0.717) is 35.7 Å². The summed E-state index contributed by atoms with van der Waals surface area (Å²) >= 11 is 0. The summed E-state index contributed by atoms with van der Waals surface area (Å²) < 4.78 is 6.75. The zero-order valence-electron chi connectivity index (χ0n) is 18.6. The van der Waals surface area contributed by atoms with Gasteiger partial charge in [0.05, 0.1) is 11.6 Å². The number of benzene rings is 1. The van der Waals surface area contributed by atoms with Crippen molar-refractivity contribution in [1.29, 1.82) is 0 Å². The third kappa shape index (κ3) is 3.02. The molecule has 1 aromatic rings. The minimum atomic E-state index is -0.302. The van der Waals surface area contributed by atoms with Crippen LogP contribution >= 0.6 is 0 Å². The van der Waals surface area contributed by atoms with E-state index in [1.54, 1.807) is 0 Å². The Morgan fingerprint density at radius 1 is 1.09 bits per heavy atom. The van der Waals surface area contributed by atoms with Crippen LogP contribution in [0, 0.1) is 41.4 Å². The first-order chi connectivity index (χ1) is 15.5. The summed E-state index contributed by atoms with van der Waals surface area (Å²) in [5.41, 5.74) is 1.46. The highest BCUT2D eigenvalue weighted by Crippen LogP contribution is 2.57. The van der Waals surface area contributed by atoms with Gasteiger partial charge < -0.3 is 10.1 Å². The molecule has 7 rings (SSSR count). The fourth-order valence-corrected chi connectivity index (χ4v) is 7.34. The van der Waals surface area contributed by atoms with Crippen molar-refractivity contribution in [3.8, 4) is 5.75 Å². The first kappa shape index (κ1) is 20.0. The number of Topliss-reactive ketones (excluding diaryl/α,β-unsaturated/α-hetero) is 1. The van der Waals surface area contributed by atoms with Crippen molar-refractivity contribution in [1.82, 2.24) is 5.32 Å². The van der Waals surface area contributed by atoms with Crippen LogP contribution in [0.4, 0.5) is 0 Å². The average Bonchev–Trinajstić information content (AvgIpc) is 3.31. The number of fused-ring (bicyclic) bond motifs is 4. The van der Waals surface area contributed by atoms with Crippen molar-refractivity contribution < 1.29 is 14.3 Å². The predicted molar refractivity (Wildman–Crippen MR) is 123 cm³/mol. The van der Waals surface area contributed by atoms with Crippen molar-refractivity contribution >= 4 is 11.7 Å². The number of allylic oxidation sites excluding steroid dienone is 3. The van der Waals surface area contributed by atoms with Crippen molar-refractivity contribution in [2.75, 3.05) is 0 Å². The summed E-state index contributed by atoms with van der Waals surface area (Å²) in [6, 6.07) is 8.15. The summed E-state index contributed by atoms with van der Waals surface area (Å²) in [7, 11) is 0. The molecule has 0 spiro atoms. The molecule has 3 aliphatic carbocycles. The molecule has 4 heteroatoms. The normalized spacial score (nSPS) is 41.9. The molecule has 166 valence electrons. The molecule has 0 saturated heterocycles. The Labute approximate surface area is 189 Å². The van der Waals surface area contributed by atoms with Gasteiger partial charge in [-0.2, -0.15) is 0 Å². The molecular weight excluding hydrogens is 398 g/mol. The predicted octanol–water partition coefficient (Wildman–Crippen LogP) is 4.27. The van der Waals surface area contributed by atoms with Gasteiger partial charge in [0.15, 0.2) is 5.78 Å². The SMILES string of the molecule is C=CC1C=C[C@H]2[C@@H]3C[C@H](C)CC[C@H]3[C@@H]3Oc4ccc(cc4)C[C@H]4C=C(C(=O)N4)C(=O)[C@@H]1[C@H]23. The Bertz CT molecular complexity index is 1020. The van der Waals surface area contributed by atoms with Gasteiger partial charge in [0, 0.05) is 17.8 Å². The Balaban J connectivity index is 1.51. The first-order valence-corrected chi connectivity index (χ1v) is 12.2. The standard InChI is InChI=1S/C28H31NO3/c1-3-17-7-11-20-22-12-15(2)4-10-21(22)27-25(20)24(17)26(30)23-14-18(29-28(23)31)13-16-5-8-19(32-27)9-6-16/h3,5-9,11,14-15,17-18,20-22,24-25,27H,1,4,10,12-13H2,2H3,(H,29,31)/t15-,17?,18+,20+,21-,22+,24+,25+,27+/m1/s1. The molecule has 1 unspecified atom stereocenters. The molecule has 4 bridgehead atoms. The lowest BCUT2D eigenvalue weighted by Crippen LogP contribution is -2.43. The fourth-order valence-electron chi connectivity index (χ4n) is 7.34. The molecule has 32 heavy (non-hydrogen) atoms. The Morgan fingerprint density at radius 2 is 1.91 bits per heavy atom. The number of hydrogen-bond donors (Lipinski definition) is 1. The van der Waals surface area contributed by atoms with E-state index >= 15 is 0 Å². The Hall–Kier alpha value is -2.62. The molecule has 6 aliphatic rings. The number of amides is 1. The highest BCUT2D eigenvalue weighted by molar-refractivity contribution is 6.21. The molecule has 3 heterocycles. The van der Waals surface area contributed by atoms with Crippen LogP contribution in [0.3, 0.4) is 0 Å². The van der Waals surface area contributed by atoms with Gasteiger partial charge in [-0.15, -0.1) is 6.58 Å². The van der Waals surface area contributed by atoms with E-state index in [0.717, 1.165) is 17.7 Å². The molecule has 0 aromatic heterocycles. The molecular formula is C28H31NO3. The van der Waals surface area contributed by atoms with E-state index in [2.05, 4.69) is 55.2 Å².